The van der Waals surface area contributed by atoms with Crippen molar-refractivity contribution in [3.8, 4) is 0 Å². The van der Waals surface area contributed by atoms with Crippen LogP contribution in [0.15, 0.2) is 24.3 Å². The van der Waals surface area contributed by atoms with Crippen LogP contribution in [0.3, 0.4) is 0 Å². The van der Waals surface area contributed by atoms with Gasteiger partial charge in [-0.1, -0.05) is 24.6 Å². The molecule has 108 valence electrons. The summed E-state index contributed by atoms with van der Waals surface area (Å²) in [6.07, 6.45) is 2.85. The van der Waals surface area contributed by atoms with Crippen molar-refractivity contribution >= 4 is 11.9 Å². The molecule has 5 heteroatoms. The molecule has 1 saturated carbocycles. The van der Waals surface area contributed by atoms with Crippen LogP contribution >= 0.6 is 0 Å². The minimum Gasteiger partial charge on any atom is -0.478 e. The smallest absolute Gasteiger partial charge is 0.335 e. The number of aliphatic hydroxyl groups is 1. The number of aromatic carboxylic acids is 1. The molecule has 2 atom stereocenters. The highest BCUT2D eigenvalue weighted by Gasteiger charge is 2.28. The Morgan fingerprint density at radius 3 is 2.70 bits per heavy atom. The molecular weight excluding hydrogens is 258 g/mol. The standard InChI is InChI=1S/C15H19NO4/c17-9-11-5-3-7-13(11)16-14(18)8-10-4-1-2-6-12(10)15(19)20/h1-2,4,6,11,13,17H,3,5,7-9H2,(H,16,18)(H,19,20). The fourth-order valence-electron chi connectivity index (χ4n) is 2.76. The van der Waals surface area contributed by atoms with Gasteiger partial charge in [0.15, 0.2) is 0 Å². The maximum atomic E-state index is 12.0. The van der Waals surface area contributed by atoms with Crippen molar-refractivity contribution in [1.29, 1.82) is 0 Å². The Hall–Kier alpha value is -1.88. The average Bonchev–Trinajstić information content (AvgIpc) is 2.86. The largest absolute Gasteiger partial charge is 0.478 e. The van der Waals surface area contributed by atoms with Crippen LogP contribution in [0.5, 0.6) is 0 Å². The molecule has 0 aliphatic heterocycles. The average molecular weight is 277 g/mol. The first-order valence-electron chi connectivity index (χ1n) is 6.83. The molecule has 1 aliphatic carbocycles. The Morgan fingerprint density at radius 2 is 2.00 bits per heavy atom. The van der Waals surface area contributed by atoms with Gasteiger partial charge < -0.3 is 15.5 Å². The van der Waals surface area contributed by atoms with Crippen molar-refractivity contribution in [2.45, 2.75) is 31.7 Å². The van der Waals surface area contributed by atoms with E-state index in [1.165, 1.54) is 6.07 Å². The van der Waals surface area contributed by atoms with E-state index in [1.807, 2.05) is 0 Å². The highest BCUT2D eigenvalue weighted by Crippen LogP contribution is 2.25. The van der Waals surface area contributed by atoms with Crippen molar-refractivity contribution in [2.24, 2.45) is 5.92 Å². The number of benzene rings is 1. The van der Waals surface area contributed by atoms with E-state index in [1.54, 1.807) is 18.2 Å². The van der Waals surface area contributed by atoms with Crippen LogP contribution < -0.4 is 5.32 Å². The maximum Gasteiger partial charge on any atom is 0.335 e. The minimum atomic E-state index is -1.03. The minimum absolute atomic E-state index is 0.00416. The first kappa shape index (κ1) is 14.5. The summed E-state index contributed by atoms with van der Waals surface area (Å²) in [6, 6.07) is 6.52. The second-order valence-corrected chi connectivity index (χ2v) is 5.19. The predicted octanol–water partition coefficient (Wildman–Crippen LogP) is 1.20. The Kier molecular flexibility index (Phi) is 4.74. The molecule has 1 amide bonds. The normalized spacial score (nSPS) is 21.6. The highest BCUT2D eigenvalue weighted by atomic mass is 16.4. The van der Waals surface area contributed by atoms with Gasteiger partial charge in [-0.05, 0) is 24.5 Å². The van der Waals surface area contributed by atoms with E-state index in [9.17, 15) is 14.7 Å². The molecule has 1 aliphatic rings. The fraction of sp³-hybridized carbons (Fsp3) is 0.467. The second-order valence-electron chi connectivity index (χ2n) is 5.19. The van der Waals surface area contributed by atoms with Crippen LogP contribution in [0.25, 0.3) is 0 Å². The van der Waals surface area contributed by atoms with Crippen LogP contribution in [-0.4, -0.2) is 34.7 Å². The fourth-order valence-corrected chi connectivity index (χ4v) is 2.76. The Bertz CT molecular complexity index is 500. The van der Waals surface area contributed by atoms with Crippen molar-refractivity contribution in [3.05, 3.63) is 35.4 Å². The lowest BCUT2D eigenvalue weighted by Crippen LogP contribution is -2.39. The molecule has 0 aromatic heterocycles. The van der Waals surface area contributed by atoms with E-state index >= 15 is 0 Å². The van der Waals surface area contributed by atoms with Crippen LogP contribution in [0.1, 0.15) is 35.2 Å². The molecule has 0 heterocycles. The molecule has 1 aromatic carbocycles. The summed E-state index contributed by atoms with van der Waals surface area (Å²) >= 11 is 0. The van der Waals surface area contributed by atoms with Gasteiger partial charge in [0.05, 0.1) is 12.0 Å². The number of carboxylic acid groups (broad SMARTS) is 1. The first-order valence-corrected chi connectivity index (χ1v) is 6.83. The summed E-state index contributed by atoms with van der Waals surface area (Å²) in [6.45, 7) is 0.0800. The number of carboxylic acids is 1. The lowest BCUT2D eigenvalue weighted by Gasteiger charge is -2.19. The molecular formula is C15H19NO4. The third kappa shape index (κ3) is 3.36. The van der Waals surface area contributed by atoms with Gasteiger partial charge in [-0.15, -0.1) is 0 Å². The van der Waals surface area contributed by atoms with Gasteiger partial charge in [-0.3, -0.25) is 4.79 Å². The van der Waals surface area contributed by atoms with Crippen molar-refractivity contribution < 1.29 is 19.8 Å². The number of rotatable bonds is 5. The maximum absolute atomic E-state index is 12.0. The van der Waals surface area contributed by atoms with E-state index in [0.29, 0.717) is 5.56 Å². The van der Waals surface area contributed by atoms with Crippen molar-refractivity contribution in [2.75, 3.05) is 6.61 Å². The summed E-state index contributed by atoms with van der Waals surface area (Å²) < 4.78 is 0. The quantitative estimate of drug-likeness (QED) is 0.755. The number of aliphatic hydroxyl groups excluding tert-OH is 1. The molecule has 0 saturated heterocycles. The molecule has 0 bridgehead atoms. The van der Waals surface area contributed by atoms with Gasteiger partial charge in [0.1, 0.15) is 0 Å². The zero-order valence-corrected chi connectivity index (χ0v) is 11.2. The lowest BCUT2D eigenvalue weighted by molar-refractivity contribution is -0.121. The topological polar surface area (TPSA) is 86.6 Å². The molecule has 3 N–H and O–H groups in total. The van der Waals surface area contributed by atoms with E-state index in [0.717, 1.165) is 19.3 Å². The number of amides is 1. The Morgan fingerprint density at radius 1 is 1.25 bits per heavy atom. The molecule has 2 rings (SSSR count). The summed E-state index contributed by atoms with van der Waals surface area (Å²) in [5, 5.41) is 21.2. The van der Waals surface area contributed by atoms with Gasteiger partial charge in [-0.25, -0.2) is 4.79 Å². The van der Waals surface area contributed by atoms with Crippen LogP contribution in [0, 0.1) is 5.92 Å². The van der Waals surface area contributed by atoms with Gasteiger partial charge >= 0.3 is 5.97 Å². The zero-order chi connectivity index (χ0) is 14.5. The molecule has 2 unspecified atom stereocenters. The summed E-state index contributed by atoms with van der Waals surface area (Å²) in [5.74, 6) is -1.10. The molecule has 1 fully saturated rings. The van der Waals surface area contributed by atoms with Crippen molar-refractivity contribution in [3.63, 3.8) is 0 Å². The Labute approximate surface area is 117 Å². The van der Waals surface area contributed by atoms with Crippen LogP contribution in [-0.2, 0) is 11.2 Å². The van der Waals surface area contributed by atoms with E-state index in [4.69, 9.17) is 5.11 Å². The predicted molar refractivity (Wildman–Crippen MR) is 73.5 cm³/mol. The monoisotopic (exact) mass is 277 g/mol. The van der Waals surface area contributed by atoms with E-state index in [2.05, 4.69) is 5.32 Å². The lowest BCUT2D eigenvalue weighted by atomic mass is 10.0. The molecule has 0 spiro atoms. The second kappa shape index (κ2) is 6.52. The third-order valence-electron chi connectivity index (χ3n) is 3.84. The SMILES string of the molecule is O=C(Cc1ccccc1C(=O)O)NC1CCCC1CO. The molecule has 0 radical (unpaired) electrons. The number of nitrogens with one attached hydrogen (secondary N) is 1. The van der Waals surface area contributed by atoms with Crippen molar-refractivity contribution in [1.82, 2.24) is 5.32 Å². The highest BCUT2D eigenvalue weighted by molar-refractivity contribution is 5.91. The van der Waals surface area contributed by atoms with E-state index < -0.39 is 5.97 Å². The summed E-state index contributed by atoms with van der Waals surface area (Å²) in [7, 11) is 0. The third-order valence-corrected chi connectivity index (χ3v) is 3.84. The van der Waals surface area contributed by atoms with Crippen LogP contribution in [0.4, 0.5) is 0 Å². The zero-order valence-electron chi connectivity index (χ0n) is 11.2. The van der Waals surface area contributed by atoms with Gasteiger partial charge in [0.25, 0.3) is 0 Å². The number of hydrogen-bond donors (Lipinski definition) is 3. The number of hydrogen-bond acceptors (Lipinski definition) is 3. The van der Waals surface area contributed by atoms with Gasteiger partial charge in [-0.2, -0.15) is 0 Å². The summed E-state index contributed by atoms with van der Waals surface area (Å²) in [5.41, 5.74) is 0.670. The van der Waals surface area contributed by atoms with E-state index in [-0.39, 0.29) is 36.5 Å². The number of carbonyl (C=O) groups excluding carboxylic acids is 1. The Balaban J connectivity index is 2.00. The molecule has 5 nitrogen and oxygen atoms in total. The molecule has 20 heavy (non-hydrogen) atoms. The van der Waals surface area contributed by atoms with Gasteiger partial charge in [0.2, 0.25) is 5.91 Å². The molecule has 1 aromatic rings. The number of carbonyl (C=O) groups is 2. The van der Waals surface area contributed by atoms with Crippen LogP contribution in [0.2, 0.25) is 0 Å². The summed E-state index contributed by atoms with van der Waals surface area (Å²) in [4.78, 5) is 23.1. The van der Waals surface area contributed by atoms with Gasteiger partial charge in [0, 0.05) is 18.6 Å². The first-order chi connectivity index (χ1) is 9.61.